The quantitative estimate of drug-likeness (QED) is 0.345. The zero-order chi connectivity index (χ0) is 21.0. The van der Waals surface area contributed by atoms with Gasteiger partial charge in [0.15, 0.2) is 5.82 Å². The number of aryl methyl sites for hydroxylation is 2. The highest BCUT2D eigenvalue weighted by molar-refractivity contribution is 6.34. The molecule has 150 valence electrons. The maximum Gasteiger partial charge on any atom is 0.270 e. The third kappa shape index (κ3) is 4.85. The molecule has 0 spiro atoms. The van der Waals surface area contributed by atoms with Gasteiger partial charge >= 0.3 is 0 Å². The molecule has 2 heterocycles. The Balaban J connectivity index is 1.51. The smallest absolute Gasteiger partial charge is 0.270 e. The maximum atomic E-state index is 12.2. The minimum atomic E-state index is -0.571. The normalized spacial score (nSPS) is 10.6. The van der Waals surface area contributed by atoms with Crippen LogP contribution in [-0.2, 0) is 0 Å². The number of amides is 1. The third-order valence-corrected chi connectivity index (χ3v) is 4.31. The number of benzene rings is 1. The van der Waals surface area contributed by atoms with Gasteiger partial charge in [0.2, 0.25) is 0 Å². The van der Waals surface area contributed by atoms with E-state index in [4.69, 9.17) is 11.6 Å². The van der Waals surface area contributed by atoms with Gasteiger partial charge in [0.1, 0.15) is 5.82 Å². The van der Waals surface area contributed by atoms with E-state index in [1.54, 1.807) is 16.8 Å². The second kappa shape index (κ2) is 8.65. The summed E-state index contributed by atoms with van der Waals surface area (Å²) in [6, 6.07) is 9.23. The highest BCUT2D eigenvalue weighted by Gasteiger charge is 2.14. The lowest BCUT2D eigenvalue weighted by atomic mass is 10.2. The molecule has 3 rings (SSSR count). The Morgan fingerprint density at radius 1 is 1.17 bits per heavy atom. The minimum absolute atomic E-state index is 0.0234. The largest absolute Gasteiger partial charge is 0.367 e. The molecule has 0 fully saturated rings. The molecule has 0 aliphatic carbocycles. The zero-order valence-electron chi connectivity index (χ0n) is 15.7. The first-order valence-corrected chi connectivity index (χ1v) is 9.06. The number of nitrogens with one attached hydrogen (secondary N) is 2. The average molecular weight is 416 g/mol. The Bertz CT molecular complexity index is 1050. The van der Waals surface area contributed by atoms with Crippen LogP contribution in [0, 0.1) is 24.0 Å². The van der Waals surface area contributed by atoms with Crippen molar-refractivity contribution in [1.29, 1.82) is 0 Å². The molecule has 1 amide bonds. The van der Waals surface area contributed by atoms with Crippen molar-refractivity contribution in [3.8, 4) is 5.82 Å². The number of halogens is 1. The Morgan fingerprint density at radius 3 is 2.55 bits per heavy atom. The van der Waals surface area contributed by atoms with Crippen molar-refractivity contribution in [2.75, 3.05) is 18.4 Å². The molecule has 0 unspecified atom stereocenters. The number of rotatable bonds is 7. The van der Waals surface area contributed by atoms with E-state index in [1.165, 1.54) is 12.1 Å². The fourth-order valence-electron chi connectivity index (χ4n) is 2.66. The molecule has 0 saturated carbocycles. The molecule has 2 N–H and O–H groups in total. The summed E-state index contributed by atoms with van der Waals surface area (Å²) in [7, 11) is 0. The second-order valence-electron chi connectivity index (χ2n) is 6.22. The molecule has 11 heteroatoms. The number of carbonyl (C=O) groups is 1. The molecular weight excluding hydrogens is 398 g/mol. The number of nitrogens with zero attached hydrogens (tertiary/aromatic N) is 5. The van der Waals surface area contributed by atoms with Gasteiger partial charge in [0, 0.05) is 30.9 Å². The van der Waals surface area contributed by atoms with E-state index in [-0.39, 0.29) is 16.3 Å². The van der Waals surface area contributed by atoms with Crippen LogP contribution in [0.2, 0.25) is 5.02 Å². The number of aromatic nitrogens is 4. The van der Waals surface area contributed by atoms with E-state index in [0.29, 0.717) is 24.7 Å². The lowest BCUT2D eigenvalue weighted by Gasteiger charge is -2.09. The van der Waals surface area contributed by atoms with Crippen LogP contribution in [-0.4, -0.2) is 43.9 Å². The van der Waals surface area contributed by atoms with Crippen molar-refractivity contribution >= 4 is 29.0 Å². The van der Waals surface area contributed by atoms with Gasteiger partial charge in [-0.05, 0) is 38.1 Å². The van der Waals surface area contributed by atoms with Gasteiger partial charge in [-0.3, -0.25) is 14.9 Å². The summed E-state index contributed by atoms with van der Waals surface area (Å²) >= 11 is 5.95. The second-order valence-corrected chi connectivity index (χ2v) is 6.63. The molecule has 0 radical (unpaired) electrons. The van der Waals surface area contributed by atoms with Gasteiger partial charge < -0.3 is 10.6 Å². The van der Waals surface area contributed by atoms with Crippen LogP contribution < -0.4 is 10.6 Å². The van der Waals surface area contributed by atoms with E-state index in [1.807, 2.05) is 19.9 Å². The van der Waals surface area contributed by atoms with Crippen LogP contribution in [0.15, 0.2) is 36.4 Å². The minimum Gasteiger partial charge on any atom is -0.367 e. The van der Waals surface area contributed by atoms with Crippen LogP contribution in [0.25, 0.3) is 5.82 Å². The van der Waals surface area contributed by atoms with Gasteiger partial charge in [-0.2, -0.15) is 5.10 Å². The van der Waals surface area contributed by atoms with E-state index in [2.05, 4.69) is 25.9 Å². The first-order valence-electron chi connectivity index (χ1n) is 8.68. The third-order valence-electron chi connectivity index (χ3n) is 4.00. The summed E-state index contributed by atoms with van der Waals surface area (Å²) in [5, 5.41) is 29.1. The molecule has 0 saturated heterocycles. The first kappa shape index (κ1) is 20.2. The standard InChI is InChI=1S/C18H18ClN7O3/c1-11-9-12(2)25(24-11)17-6-5-16(22-23-17)20-7-8-21-18(27)14-4-3-13(26(28)29)10-15(14)19/h3-6,9-10H,7-8H2,1-2H3,(H,20,22)(H,21,27). The molecule has 0 bridgehead atoms. The van der Waals surface area contributed by atoms with Crippen LogP contribution >= 0.6 is 11.6 Å². The summed E-state index contributed by atoms with van der Waals surface area (Å²) in [6.07, 6.45) is 0. The fraction of sp³-hybridized carbons (Fsp3) is 0.222. The number of carbonyl (C=O) groups excluding carboxylic acids is 1. The molecule has 0 aliphatic rings. The summed E-state index contributed by atoms with van der Waals surface area (Å²) in [6.45, 7) is 4.55. The zero-order valence-corrected chi connectivity index (χ0v) is 16.5. The maximum absolute atomic E-state index is 12.2. The Morgan fingerprint density at radius 2 is 1.97 bits per heavy atom. The van der Waals surface area contributed by atoms with Crippen LogP contribution in [0.5, 0.6) is 0 Å². The lowest BCUT2D eigenvalue weighted by Crippen LogP contribution is -2.29. The topological polar surface area (TPSA) is 128 Å². The van der Waals surface area contributed by atoms with Crippen LogP contribution in [0.1, 0.15) is 21.7 Å². The molecule has 10 nitrogen and oxygen atoms in total. The molecular formula is C18H18ClN7O3. The summed E-state index contributed by atoms with van der Waals surface area (Å²) in [5.74, 6) is 0.748. The number of nitro benzene ring substituents is 1. The highest BCUT2D eigenvalue weighted by Crippen LogP contribution is 2.22. The van der Waals surface area contributed by atoms with E-state index >= 15 is 0 Å². The molecule has 0 atom stereocenters. The van der Waals surface area contributed by atoms with Gasteiger partial charge in [-0.15, -0.1) is 10.2 Å². The summed E-state index contributed by atoms with van der Waals surface area (Å²) < 4.78 is 1.71. The van der Waals surface area contributed by atoms with Crippen molar-refractivity contribution in [1.82, 2.24) is 25.3 Å². The SMILES string of the molecule is Cc1cc(C)n(-c2ccc(NCCNC(=O)c3ccc([N+](=O)[O-])cc3Cl)nn2)n1. The summed E-state index contributed by atoms with van der Waals surface area (Å²) in [4.78, 5) is 22.3. The predicted octanol–water partition coefficient (Wildman–Crippen LogP) is 2.68. The van der Waals surface area contributed by atoms with Crippen molar-refractivity contribution in [3.63, 3.8) is 0 Å². The lowest BCUT2D eigenvalue weighted by molar-refractivity contribution is -0.384. The van der Waals surface area contributed by atoms with E-state index in [0.717, 1.165) is 17.5 Å². The highest BCUT2D eigenvalue weighted by atomic mass is 35.5. The summed E-state index contributed by atoms with van der Waals surface area (Å²) in [5.41, 5.74) is 1.86. The number of nitro groups is 1. The number of non-ortho nitro benzene ring substituents is 1. The van der Waals surface area contributed by atoms with Crippen molar-refractivity contribution < 1.29 is 9.72 Å². The fourth-order valence-corrected chi connectivity index (χ4v) is 2.92. The Labute approximate surface area is 171 Å². The Hall–Kier alpha value is -3.53. The van der Waals surface area contributed by atoms with Gasteiger partial charge in [-0.1, -0.05) is 11.6 Å². The van der Waals surface area contributed by atoms with Crippen LogP contribution in [0.4, 0.5) is 11.5 Å². The molecule has 1 aromatic carbocycles. The van der Waals surface area contributed by atoms with Crippen molar-refractivity contribution in [3.05, 3.63) is 68.5 Å². The van der Waals surface area contributed by atoms with Gasteiger partial charge in [0.05, 0.1) is 21.2 Å². The monoisotopic (exact) mass is 415 g/mol. The van der Waals surface area contributed by atoms with Crippen molar-refractivity contribution in [2.45, 2.75) is 13.8 Å². The predicted molar refractivity (Wildman–Crippen MR) is 108 cm³/mol. The molecule has 29 heavy (non-hydrogen) atoms. The van der Waals surface area contributed by atoms with E-state index < -0.39 is 10.8 Å². The Kier molecular flexibility index (Phi) is 6.03. The number of anilines is 1. The molecule has 3 aromatic rings. The van der Waals surface area contributed by atoms with Gasteiger partial charge in [-0.25, -0.2) is 4.68 Å². The van der Waals surface area contributed by atoms with Crippen molar-refractivity contribution in [2.24, 2.45) is 0 Å². The molecule has 2 aromatic heterocycles. The number of hydrogen-bond donors (Lipinski definition) is 2. The average Bonchev–Trinajstić information content (AvgIpc) is 3.03. The first-order chi connectivity index (χ1) is 13.8. The van der Waals surface area contributed by atoms with E-state index in [9.17, 15) is 14.9 Å². The number of hydrogen-bond acceptors (Lipinski definition) is 7. The molecule has 0 aliphatic heterocycles. The van der Waals surface area contributed by atoms with Gasteiger partial charge in [0.25, 0.3) is 11.6 Å². The van der Waals surface area contributed by atoms with Crippen LogP contribution in [0.3, 0.4) is 0 Å².